The lowest BCUT2D eigenvalue weighted by atomic mass is 9.94. The Bertz CT molecular complexity index is 1790. The van der Waals surface area contributed by atoms with E-state index in [0.29, 0.717) is 6.42 Å². The average molecular weight is 825 g/mol. The summed E-state index contributed by atoms with van der Waals surface area (Å²) in [7, 11) is 0. The Hall–Kier alpha value is -4.11. The van der Waals surface area contributed by atoms with Crippen LogP contribution >= 0.6 is 11.8 Å². The number of para-hydroxylation sites is 1. The lowest BCUT2D eigenvalue weighted by Crippen LogP contribution is -2.62. The number of carbonyl (C=O) groups is 6. The average Bonchev–Trinajstić information content (AvgIpc) is 3.70. The zero-order valence-corrected chi connectivity index (χ0v) is 37.2. The molecule has 3 heterocycles. The van der Waals surface area contributed by atoms with Crippen LogP contribution in [0.15, 0.2) is 30.5 Å². The van der Waals surface area contributed by atoms with Gasteiger partial charge in [0, 0.05) is 28.3 Å². The summed E-state index contributed by atoms with van der Waals surface area (Å²) < 4.78 is -0.647. The van der Waals surface area contributed by atoms with Crippen LogP contribution < -0.4 is 37.2 Å². The van der Waals surface area contributed by atoms with Crippen molar-refractivity contribution in [1.29, 1.82) is 0 Å². The number of H-pyrrole nitrogens is 1. The van der Waals surface area contributed by atoms with Gasteiger partial charge >= 0.3 is 0 Å². The minimum atomic E-state index is -1.05. The van der Waals surface area contributed by atoms with Crippen LogP contribution in [0.25, 0.3) is 10.9 Å². The second-order valence-corrected chi connectivity index (χ2v) is 20.0. The van der Waals surface area contributed by atoms with Crippen molar-refractivity contribution in [3.63, 3.8) is 0 Å². The first-order chi connectivity index (χ1) is 27.1. The number of thioether (sulfide) groups is 1. The Morgan fingerprint density at radius 3 is 1.74 bits per heavy atom. The molecule has 2 aromatic rings. The molecule has 15 heteroatoms. The normalized spacial score (nSPS) is 28.8. The van der Waals surface area contributed by atoms with E-state index in [2.05, 4.69) is 42.2 Å². The molecule has 322 valence electrons. The first kappa shape index (κ1) is 46.6. The van der Waals surface area contributed by atoms with E-state index in [4.69, 9.17) is 0 Å². The molecule has 0 saturated carbocycles. The van der Waals surface area contributed by atoms with E-state index >= 15 is 0 Å². The van der Waals surface area contributed by atoms with E-state index in [0.717, 1.165) is 16.5 Å². The van der Waals surface area contributed by atoms with Crippen molar-refractivity contribution in [2.45, 2.75) is 155 Å². The summed E-state index contributed by atoms with van der Waals surface area (Å²) >= 11 is 1.53. The Balaban J connectivity index is 1.81. The van der Waals surface area contributed by atoms with Gasteiger partial charge in [-0.25, -0.2) is 0 Å². The van der Waals surface area contributed by atoms with Gasteiger partial charge in [-0.15, -0.1) is 11.8 Å². The van der Waals surface area contributed by atoms with Gasteiger partial charge < -0.3 is 36.9 Å². The summed E-state index contributed by atoms with van der Waals surface area (Å²) in [5.74, 6) is -4.07. The molecular formula is C43H68N8O6S. The second kappa shape index (κ2) is 19.8. The van der Waals surface area contributed by atoms with Crippen molar-refractivity contribution in [2.24, 2.45) is 29.6 Å². The molecule has 2 fully saturated rings. The van der Waals surface area contributed by atoms with E-state index in [1.54, 1.807) is 27.7 Å². The summed E-state index contributed by atoms with van der Waals surface area (Å²) in [6, 6.07) is 1.43. The highest BCUT2D eigenvalue weighted by Crippen LogP contribution is 2.40. The molecule has 6 amide bonds. The minimum absolute atomic E-state index is 0.0153. The quantitative estimate of drug-likeness (QED) is 0.188. The first-order valence-corrected chi connectivity index (χ1v) is 21.8. The molecular weight excluding hydrogens is 757 g/mol. The van der Waals surface area contributed by atoms with Crippen molar-refractivity contribution in [1.82, 2.24) is 42.2 Å². The maximum Gasteiger partial charge on any atom is 0.243 e. The number of fused-ring (bicyclic) bond motifs is 3. The van der Waals surface area contributed by atoms with E-state index in [1.807, 2.05) is 85.9 Å². The number of aromatic amines is 1. The SMILES string of the molecule is CC[C@H](C)[C@H]1NC(=O)[C@H]2NC(SC2(C)C)[C@H](C(C)C)NC(=O)[C@@H](Cc2c[nH]c3ccccc23)NC(=O)[C@H](C(C)C)NC(=O)[C@@H](CC(C)C)NC(=O)[C@H](C(C)C)NC1=O. The molecule has 2 bridgehead atoms. The van der Waals surface area contributed by atoms with E-state index in [9.17, 15) is 28.8 Å². The van der Waals surface area contributed by atoms with Crippen LogP contribution in [0, 0.1) is 29.6 Å². The lowest BCUT2D eigenvalue weighted by molar-refractivity contribution is -0.136. The smallest absolute Gasteiger partial charge is 0.243 e. The Kier molecular flexibility index (Phi) is 15.9. The highest BCUT2D eigenvalue weighted by molar-refractivity contribution is 8.01. The van der Waals surface area contributed by atoms with Gasteiger partial charge in [-0.2, -0.15) is 0 Å². The Morgan fingerprint density at radius 1 is 0.638 bits per heavy atom. The van der Waals surface area contributed by atoms with Crippen LogP contribution in [0.3, 0.4) is 0 Å². The Labute approximate surface area is 348 Å². The Morgan fingerprint density at radius 2 is 1.17 bits per heavy atom. The molecule has 4 rings (SSSR count). The molecule has 0 spiro atoms. The van der Waals surface area contributed by atoms with Gasteiger partial charge in [0.05, 0.1) is 11.4 Å². The van der Waals surface area contributed by atoms with Crippen molar-refractivity contribution < 1.29 is 28.8 Å². The summed E-state index contributed by atoms with van der Waals surface area (Å²) in [5.41, 5.74) is 1.72. The van der Waals surface area contributed by atoms with Crippen molar-refractivity contribution in [2.75, 3.05) is 0 Å². The van der Waals surface area contributed by atoms with Gasteiger partial charge in [-0.3, -0.25) is 34.1 Å². The molecule has 0 aliphatic carbocycles. The number of hydrogen-bond acceptors (Lipinski definition) is 8. The number of nitrogens with one attached hydrogen (secondary N) is 8. The third-order valence-corrected chi connectivity index (χ3v) is 13.0. The fraction of sp³-hybridized carbons (Fsp3) is 0.674. The van der Waals surface area contributed by atoms with Crippen molar-refractivity contribution >= 4 is 58.1 Å². The largest absolute Gasteiger partial charge is 0.361 e. The van der Waals surface area contributed by atoms with Crippen LogP contribution in [0.5, 0.6) is 0 Å². The summed E-state index contributed by atoms with van der Waals surface area (Å²) in [5, 5.41) is 21.9. The van der Waals surface area contributed by atoms with Crippen molar-refractivity contribution in [3.8, 4) is 0 Å². The second-order valence-electron chi connectivity index (χ2n) is 18.2. The van der Waals surface area contributed by atoms with Crippen LogP contribution in [0.4, 0.5) is 0 Å². The molecule has 2 aliphatic rings. The zero-order chi connectivity index (χ0) is 43.2. The molecule has 0 radical (unpaired) electrons. The van der Waals surface area contributed by atoms with E-state index < -0.39 is 81.9 Å². The molecule has 1 unspecified atom stereocenters. The zero-order valence-electron chi connectivity index (χ0n) is 36.4. The number of hydrogen-bond donors (Lipinski definition) is 8. The monoisotopic (exact) mass is 824 g/mol. The van der Waals surface area contributed by atoms with Gasteiger partial charge in [0.2, 0.25) is 35.4 Å². The molecule has 2 saturated heterocycles. The highest BCUT2D eigenvalue weighted by Gasteiger charge is 2.49. The number of aromatic nitrogens is 1. The predicted octanol–water partition coefficient (Wildman–Crippen LogP) is 3.50. The number of carbonyl (C=O) groups excluding carboxylic acids is 6. The third kappa shape index (κ3) is 11.3. The highest BCUT2D eigenvalue weighted by atomic mass is 32.2. The van der Waals surface area contributed by atoms with Crippen LogP contribution in [-0.4, -0.2) is 92.8 Å². The van der Waals surface area contributed by atoms with Gasteiger partial charge in [-0.05, 0) is 61.5 Å². The molecule has 9 atom stereocenters. The van der Waals surface area contributed by atoms with Gasteiger partial charge in [-0.1, -0.05) is 93.9 Å². The standard InChI is InChI=1S/C43H68N8O6S/c1-13-25(10)34-40(56)48-32(23(6)7)39(55)45-29(18-21(2)3)36(52)47-31(22(4)5)38(54)46-30(19-26-20-44-28-17-15-14-16-27(26)28)37(53)49-33(24(8)9)42-51-35(41(57)50-34)43(11,12)58-42/h14-17,20-25,29-35,42,44,51H,13,18-19H2,1-12H3,(H,45,55)(H,46,54)(H,47,52)(H,48,56)(H,49,53)(H,50,57)/t25-,29+,30+,31-,32-,33-,34+,35+,42?/m0/s1. The molecule has 1 aromatic heterocycles. The molecule has 58 heavy (non-hydrogen) atoms. The van der Waals surface area contributed by atoms with Crippen LogP contribution in [-0.2, 0) is 35.2 Å². The van der Waals surface area contributed by atoms with E-state index in [1.165, 1.54) is 11.8 Å². The number of rotatable bonds is 9. The van der Waals surface area contributed by atoms with Crippen LogP contribution in [0.1, 0.15) is 101 Å². The number of benzene rings is 1. The fourth-order valence-corrected chi connectivity index (χ4v) is 9.38. The van der Waals surface area contributed by atoms with Gasteiger partial charge in [0.25, 0.3) is 0 Å². The molecule has 1 aromatic carbocycles. The fourth-order valence-electron chi connectivity index (χ4n) is 7.68. The molecule has 2 aliphatic heterocycles. The maximum atomic E-state index is 14.5. The van der Waals surface area contributed by atoms with Crippen LogP contribution in [0.2, 0.25) is 0 Å². The topological polar surface area (TPSA) is 202 Å². The molecule has 14 nitrogen and oxygen atoms in total. The first-order valence-electron chi connectivity index (χ1n) is 21.0. The molecule has 8 N–H and O–H groups in total. The minimum Gasteiger partial charge on any atom is -0.361 e. The lowest BCUT2D eigenvalue weighted by Gasteiger charge is -2.32. The van der Waals surface area contributed by atoms with Gasteiger partial charge in [0.1, 0.15) is 36.3 Å². The summed E-state index contributed by atoms with van der Waals surface area (Å²) in [6.07, 6.45) is 2.84. The van der Waals surface area contributed by atoms with Gasteiger partial charge in [0.15, 0.2) is 0 Å². The van der Waals surface area contributed by atoms with Crippen molar-refractivity contribution in [3.05, 3.63) is 36.0 Å². The number of amides is 6. The third-order valence-electron chi connectivity index (χ3n) is 11.4. The maximum absolute atomic E-state index is 14.5. The summed E-state index contributed by atoms with van der Waals surface area (Å²) in [4.78, 5) is 88.5. The van der Waals surface area contributed by atoms with E-state index in [-0.39, 0.29) is 48.3 Å². The predicted molar refractivity (Wildman–Crippen MR) is 229 cm³/mol. The summed E-state index contributed by atoms with van der Waals surface area (Å²) in [6.45, 7) is 22.8.